The number of nitrogens with zero attached hydrogens (tertiary/aromatic N) is 1. The summed E-state index contributed by atoms with van der Waals surface area (Å²) in [5.74, 6) is 0.273. The monoisotopic (exact) mass is 211 g/mol. The molecule has 1 aromatic heterocycles. The Morgan fingerprint density at radius 3 is 2.75 bits per heavy atom. The van der Waals surface area contributed by atoms with Gasteiger partial charge in [0, 0.05) is 6.07 Å². The number of aromatic amines is 1. The van der Waals surface area contributed by atoms with Crippen LogP contribution >= 0.6 is 0 Å². The summed E-state index contributed by atoms with van der Waals surface area (Å²) in [6.45, 7) is 0. The van der Waals surface area contributed by atoms with Crippen molar-refractivity contribution in [1.29, 1.82) is 0 Å². The Morgan fingerprint density at radius 2 is 1.88 bits per heavy atom. The Bertz CT molecular complexity index is 643. The zero-order valence-corrected chi connectivity index (χ0v) is 8.59. The highest BCUT2D eigenvalue weighted by Crippen LogP contribution is 2.13. The van der Waals surface area contributed by atoms with E-state index in [1.165, 1.54) is 0 Å². The number of benzene rings is 2. The van der Waals surface area contributed by atoms with Gasteiger partial charge in [0.1, 0.15) is 11.4 Å². The van der Waals surface area contributed by atoms with Crippen molar-refractivity contribution >= 4 is 11.0 Å². The lowest BCUT2D eigenvalue weighted by atomic mass is 10.2. The zero-order chi connectivity index (χ0) is 11.0. The van der Waals surface area contributed by atoms with Crippen molar-refractivity contribution in [3.05, 3.63) is 54.9 Å². The van der Waals surface area contributed by atoms with E-state index >= 15 is 0 Å². The first-order valence-corrected chi connectivity index (χ1v) is 5.12. The van der Waals surface area contributed by atoms with E-state index in [2.05, 4.69) is 4.98 Å². The van der Waals surface area contributed by atoms with Crippen LogP contribution in [-0.4, -0.2) is 10.1 Å². The van der Waals surface area contributed by atoms with Crippen LogP contribution in [0.4, 0.5) is 0 Å². The largest absolute Gasteiger partial charge is 0.508 e. The van der Waals surface area contributed by atoms with Gasteiger partial charge in [-0.25, -0.2) is 4.98 Å². The molecule has 0 bridgehead atoms. The fourth-order valence-corrected chi connectivity index (χ4v) is 1.87. The summed E-state index contributed by atoms with van der Waals surface area (Å²) in [6.07, 6.45) is 1.89. The van der Waals surface area contributed by atoms with Crippen molar-refractivity contribution in [2.75, 3.05) is 0 Å². The Kier molecular flexibility index (Phi) is 1.90. The van der Waals surface area contributed by atoms with Crippen LogP contribution < -0.4 is 4.57 Å². The summed E-state index contributed by atoms with van der Waals surface area (Å²) in [5.41, 5.74) is 3.11. The lowest BCUT2D eigenvalue weighted by molar-refractivity contribution is -0.567. The quantitative estimate of drug-likeness (QED) is 0.595. The number of H-pyrrole nitrogens is 1. The van der Waals surface area contributed by atoms with Crippen LogP contribution in [0.5, 0.6) is 5.75 Å². The average Bonchev–Trinajstić information content (AvgIpc) is 2.72. The number of fused-ring (bicyclic) bond motifs is 1. The molecule has 16 heavy (non-hydrogen) atoms. The van der Waals surface area contributed by atoms with Gasteiger partial charge in [0.25, 0.3) is 0 Å². The Hall–Kier alpha value is -2.29. The highest BCUT2D eigenvalue weighted by atomic mass is 16.3. The molecule has 0 aliphatic rings. The van der Waals surface area contributed by atoms with Gasteiger partial charge in [-0.2, -0.15) is 4.57 Å². The molecule has 0 atom stereocenters. The number of hydrogen-bond acceptors (Lipinski definition) is 1. The van der Waals surface area contributed by atoms with E-state index in [1.54, 1.807) is 12.1 Å². The molecule has 0 spiro atoms. The maximum atomic E-state index is 9.46. The van der Waals surface area contributed by atoms with Gasteiger partial charge < -0.3 is 5.11 Å². The molecule has 0 saturated heterocycles. The first kappa shape index (κ1) is 8.97. The number of phenols is 1. The third-order valence-electron chi connectivity index (χ3n) is 2.62. The summed E-state index contributed by atoms with van der Waals surface area (Å²) in [5, 5.41) is 9.46. The summed E-state index contributed by atoms with van der Waals surface area (Å²) in [4.78, 5) is 3.19. The van der Waals surface area contributed by atoms with E-state index in [1.807, 2.05) is 47.3 Å². The number of hydrogen-bond donors (Lipinski definition) is 2. The fourth-order valence-electron chi connectivity index (χ4n) is 1.87. The number of rotatable bonds is 1. The number of para-hydroxylation sites is 2. The molecule has 2 aromatic carbocycles. The molecule has 1 heterocycles. The van der Waals surface area contributed by atoms with Crippen LogP contribution in [0, 0.1) is 0 Å². The summed E-state index contributed by atoms with van der Waals surface area (Å²) in [6, 6.07) is 15.2. The number of phenolic OH excluding ortho intramolecular Hbond substituents is 1. The third-order valence-corrected chi connectivity index (χ3v) is 2.62. The van der Waals surface area contributed by atoms with Crippen molar-refractivity contribution in [3.8, 4) is 11.4 Å². The van der Waals surface area contributed by atoms with Gasteiger partial charge in [-0.3, -0.25) is 0 Å². The number of aromatic hydroxyl groups is 1. The van der Waals surface area contributed by atoms with Gasteiger partial charge >= 0.3 is 0 Å². The van der Waals surface area contributed by atoms with E-state index in [4.69, 9.17) is 0 Å². The van der Waals surface area contributed by atoms with Crippen molar-refractivity contribution in [2.45, 2.75) is 0 Å². The molecule has 0 aliphatic heterocycles. The van der Waals surface area contributed by atoms with E-state index in [0.717, 1.165) is 16.7 Å². The molecule has 0 fully saturated rings. The molecule has 0 radical (unpaired) electrons. The Labute approximate surface area is 92.6 Å². The second-order valence-corrected chi connectivity index (χ2v) is 3.68. The molecule has 78 valence electrons. The zero-order valence-electron chi connectivity index (χ0n) is 8.59. The van der Waals surface area contributed by atoms with Gasteiger partial charge in [-0.15, -0.1) is 0 Å². The third kappa shape index (κ3) is 1.34. The van der Waals surface area contributed by atoms with Crippen LogP contribution in [0.1, 0.15) is 0 Å². The van der Waals surface area contributed by atoms with E-state index in [9.17, 15) is 5.11 Å². The van der Waals surface area contributed by atoms with Crippen LogP contribution in [0.15, 0.2) is 54.9 Å². The second-order valence-electron chi connectivity index (χ2n) is 3.68. The minimum Gasteiger partial charge on any atom is -0.508 e. The van der Waals surface area contributed by atoms with Gasteiger partial charge in [-0.1, -0.05) is 18.2 Å². The summed E-state index contributed by atoms with van der Waals surface area (Å²) in [7, 11) is 0. The SMILES string of the molecule is Oc1cccc(-[n+]2c[nH]c3ccccc32)c1. The van der Waals surface area contributed by atoms with Crippen molar-refractivity contribution in [2.24, 2.45) is 0 Å². The van der Waals surface area contributed by atoms with Gasteiger partial charge in [0.15, 0.2) is 11.0 Å². The van der Waals surface area contributed by atoms with Crippen LogP contribution in [0.25, 0.3) is 16.7 Å². The first-order chi connectivity index (χ1) is 7.84. The lowest BCUT2D eigenvalue weighted by Crippen LogP contribution is -2.28. The first-order valence-electron chi connectivity index (χ1n) is 5.12. The predicted molar refractivity (Wildman–Crippen MR) is 61.5 cm³/mol. The standard InChI is InChI=1S/C13H10N2O/c16-11-5-3-4-10(8-11)15-9-14-12-6-1-2-7-13(12)15/h1-9,16H/p+1. The Balaban J connectivity index is 2.26. The minimum absolute atomic E-state index is 0.273. The molecule has 3 aromatic rings. The van der Waals surface area contributed by atoms with Gasteiger partial charge in [0.2, 0.25) is 6.33 Å². The molecular weight excluding hydrogens is 200 g/mol. The Morgan fingerprint density at radius 1 is 1.00 bits per heavy atom. The topological polar surface area (TPSA) is 39.9 Å². The van der Waals surface area contributed by atoms with Crippen molar-refractivity contribution in [3.63, 3.8) is 0 Å². The van der Waals surface area contributed by atoms with Crippen LogP contribution in [-0.2, 0) is 0 Å². The van der Waals surface area contributed by atoms with Crippen LogP contribution in [0.3, 0.4) is 0 Å². The molecular formula is C13H11N2O+. The second kappa shape index (κ2) is 3.38. The maximum Gasteiger partial charge on any atom is 0.247 e. The van der Waals surface area contributed by atoms with Crippen molar-refractivity contribution in [1.82, 2.24) is 4.98 Å². The summed E-state index contributed by atoms with van der Waals surface area (Å²) >= 11 is 0. The molecule has 0 unspecified atom stereocenters. The summed E-state index contributed by atoms with van der Waals surface area (Å²) < 4.78 is 2.01. The fraction of sp³-hybridized carbons (Fsp3) is 0. The number of aromatic nitrogens is 2. The number of nitrogens with one attached hydrogen (secondary N) is 1. The molecule has 0 aliphatic carbocycles. The normalized spacial score (nSPS) is 10.8. The highest BCUT2D eigenvalue weighted by Gasteiger charge is 2.10. The van der Waals surface area contributed by atoms with E-state index in [-0.39, 0.29) is 5.75 Å². The van der Waals surface area contributed by atoms with Gasteiger partial charge in [0.05, 0.1) is 0 Å². The predicted octanol–water partition coefficient (Wildman–Crippen LogP) is 2.15. The molecule has 2 N–H and O–H groups in total. The highest BCUT2D eigenvalue weighted by molar-refractivity contribution is 5.71. The molecule has 0 saturated carbocycles. The molecule has 3 heteroatoms. The van der Waals surface area contributed by atoms with E-state index in [0.29, 0.717) is 0 Å². The van der Waals surface area contributed by atoms with Crippen LogP contribution in [0.2, 0.25) is 0 Å². The lowest BCUT2D eigenvalue weighted by Gasteiger charge is -1.97. The molecule has 3 nitrogen and oxygen atoms in total. The van der Waals surface area contributed by atoms with E-state index < -0.39 is 0 Å². The minimum atomic E-state index is 0.273. The molecule has 3 rings (SSSR count). The molecule has 0 amide bonds. The smallest absolute Gasteiger partial charge is 0.247 e. The number of imidazole rings is 1. The van der Waals surface area contributed by atoms with Gasteiger partial charge in [-0.05, 0) is 24.3 Å². The average molecular weight is 211 g/mol. The maximum absolute atomic E-state index is 9.46. The van der Waals surface area contributed by atoms with Crippen molar-refractivity contribution < 1.29 is 9.67 Å².